The number of hydrogen-bond acceptors (Lipinski definition) is 3. The van der Waals surface area contributed by atoms with Crippen molar-refractivity contribution in [3.63, 3.8) is 0 Å². The Morgan fingerprint density at radius 2 is 1.64 bits per heavy atom. The third-order valence-electron chi connectivity index (χ3n) is 7.13. The molecule has 2 aliphatic rings. The van der Waals surface area contributed by atoms with Gasteiger partial charge in [-0.05, 0) is 54.3 Å². The van der Waals surface area contributed by atoms with E-state index in [0.29, 0.717) is 18.7 Å². The SMILES string of the molecule is O=C(c1cccc(F)c1)N1CCCCN2[C@H](CO)[C@H](c3ccc(-c4ccccc4)cc3)[C@H]2C1. The lowest BCUT2D eigenvalue weighted by Gasteiger charge is -2.57. The van der Waals surface area contributed by atoms with E-state index in [1.807, 2.05) is 23.1 Å². The second-order valence-corrected chi connectivity index (χ2v) is 9.04. The number of hydrogen-bond donors (Lipinski definition) is 1. The van der Waals surface area contributed by atoms with Crippen molar-refractivity contribution in [1.82, 2.24) is 9.80 Å². The fourth-order valence-corrected chi connectivity index (χ4v) is 5.46. The van der Waals surface area contributed by atoms with Crippen LogP contribution >= 0.6 is 0 Å². The lowest BCUT2D eigenvalue weighted by molar-refractivity contribution is -0.0606. The molecular weight excluding hydrogens is 415 g/mol. The van der Waals surface area contributed by atoms with Gasteiger partial charge in [0.1, 0.15) is 5.82 Å². The highest BCUT2D eigenvalue weighted by Crippen LogP contribution is 2.42. The number of aliphatic hydroxyl groups excluding tert-OH is 1. The van der Waals surface area contributed by atoms with E-state index in [9.17, 15) is 14.3 Å². The largest absolute Gasteiger partial charge is 0.395 e. The summed E-state index contributed by atoms with van der Waals surface area (Å²) in [6, 6.07) is 25.0. The first-order chi connectivity index (χ1) is 16.2. The predicted molar refractivity (Wildman–Crippen MR) is 128 cm³/mol. The van der Waals surface area contributed by atoms with E-state index < -0.39 is 5.82 Å². The molecule has 3 aromatic rings. The second-order valence-electron chi connectivity index (χ2n) is 9.04. The molecule has 2 saturated heterocycles. The van der Waals surface area contributed by atoms with Crippen LogP contribution in [0.15, 0.2) is 78.9 Å². The van der Waals surface area contributed by atoms with Crippen LogP contribution in [0.2, 0.25) is 0 Å². The van der Waals surface area contributed by atoms with Crippen LogP contribution < -0.4 is 0 Å². The van der Waals surface area contributed by atoms with E-state index in [1.165, 1.54) is 23.3 Å². The fraction of sp³-hybridized carbons (Fsp3) is 0.321. The Labute approximate surface area is 194 Å². The minimum Gasteiger partial charge on any atom is -0.395 e. The summed E-state index contributed by atoms with van der Waals surface area (Å²) in [5.74, 6) is -0.363. The molecule has 0 aliphatic carbocycles. The van der Waals surface area contributed by atoms with E-state index >= 15 is 0 Å². The monoisotopic (exact) mass is 444 g/mol. The van der Waals surface area contributed by atoms with Gasteiger partial charge in [-0.15, -0.1) is 0 Å². The van der Waals surface area contributed by atoms with Crippen LogP contribution in [0.4, 0.5) is 4.39 Å². The Morgan fingerprint density at radius 1 is 0.909 bits per heavy atom. The van der Waals surface area contributed by atoms with Crippen LogP contribution in [-0.4, -0.2) is 59.1 Å². The van der Waals surface area contributed by atoms with Crippen LogP contribution in [0.25, 0.3) is 11.1 Å². The summed E-state index contributed by atoms with van der Waals surface area (Å²) in [6.07, 6.45) is 1.87. The number of carbonyl (C=O) groups is 1. The average molecular weight is 445 g/mol. The maximum atomic E-state index is 13.7. The van der Waals surface area contributed by atoms with Gasteiger partial charge in [0, 0.05) is 36.7 Å². The zero-order chi connectivity index (χ0) is 22.8. The van der Waals surface area contributed by atoms with Crippen LogP contribution in [0.3, 0.4) is 0 Å². The molecule has 5 rings (SSSR count). The number of aliphatic hydroxyl groups is 1. The van der Waals surface area contributed by atoms with Gasteiger partial charge in [0.05, 0.1) is 6.61 Å². The third kappa shape index (κ3) is 4.31. The predicted octanol–water partition coefficient (Wildman–Crippen LogP) is 4.56. The van der Waals surface area contributed by atoms with Gasteiger partial charge in [-0.3, -0.25) is 9.69 Å². The molecule has 3 aromatic carbocycles. The summed E-state index contributed by atoms with van der Waals surface area (Å²) in [6.45, 7) is 2.27. The fourth-order valence-electron chi connectivity index (χ4n) is 5.46. The van der Waals surface area contributed by atoms with E-state index in [2.05, 4.69) is 41.3 Å². The van der Waals surface area contributed by atoms with Gasteiger partial charge in [0.2, 0.25) is 0 Å². The molecule has 0 radical (unpaired) electrons. The van der Waals surface area contributed by atoms with Gasteiger partial charge in [-0.1, -0.05) is 60.7 Å². The highest BCUT2D eigenvalue weighted by molar-refractivity contribution is 5.94. The van der Waals surface area contributed by atoms with Gasteiger partial charge in [0.25, 0.3) is 5.91 Å². The summed E-state index contributed by atoms with van der Waals surface area (Å²) in [5, 5.41) is 10.2. The van der Waals surface area contributed by atoms with Gasteiger partial charge >= 0.3 is 0 Å². The number of benzene rings is 3. The highest BCUT2D eigenvalue weighted by atomic mass is 19.1. The molecular formula is C28H29FN2O2. The Morgan fingerprint density at radius 3 is 2.36 bits per heavy atom. The van der Waals surface area contributed by atoms with Crippen LogP contribution in [-0.2, 0) is 0 Å². The number of carbonyl (C=O) groups excluding carboxylic acids is 1. The topological polar surface area (TPSA) is 43.8 Å². The number of fused-ring (bicyclic) bond motifs is 1. The Hall–Kier alpha value is -3.02. The van der Waals surface area contributed by atoms with Crippen molar-refractivity contribution >= 4 is 5.91 Å². The number of halogens is 1. The average Bonchev–Trinajstić information content (AvgIpc) is 2.83. The summed E-state index contributed by atoms with van der Waals surface area (Å²) in [5.41, 5.74) is 3.92. The van der Waals surface area contributed by atoms with Gasteiger partial charge < -0.3 is 10.0 Å². The number of amides is 1. The zero-order valence-corrected chi connectivity index (χ0v) is 18.6. The highest BCUT2D eigenvalue weighted by Gasteiger charge is 2.49. The van der Waals surface area contributed by atoms with E-state index in [0.717, 1.165) is 24.9 Å². The molecule has 0 bridgehead atoms. The van der Waals surface area contributed by atoms with Crippen molar-refractivity contribution in [3.05, 3.63) is 95.8 Å². The summed E-state index contributed by atoms with van der Waals surface area (Å²) in [7, 11) is 0. The lowest BCUT2D eigenvalue weighted by Crippen LogP contribution is -2.67. The van der Waals surface area contributed by atoms with Crippen molar-refractivity contribution in [2.75, 3.05) is 26.2 Å². The first kappa shape index (κ1) is 21.8. The van der Waals surface area contributed by atoms with Gasteiger partial charge in [0.15, 0.2) is 0 Å². The summed E-state index contributed by atoms with van der Waals surface area (Å²) < 4.78 is 13.7. The Balaban J connectivity index is 1.39. The lowest BCUT2D eigenvalue weighted by atomic mass is 9.74. The summed E-state index contributed by atoms with van der Waals surface area (Å²) in [4.78, 5) is 17.4. The Bertz CT molecular complexity index is 1100. The smallest absolute Gasteiger partial charge is 0.254 e. The number of nitrogens with zero attached hydrogens (tertiary/aromatic N) is 2. The third-order valence-corrected chi connectivity index (χ3v) is 7.13. The minimum atomic E-state index is -0.394. The molecule has 0 spiro atoms. The molecule has 170 valence electrons. The molecule has 4 nitrogen and oxygen atoms in total. The molecule has 2 fully saturated rings. The standard InChI is InChI=1S/C28H29FN2O2/c29-24-10-6-9-23(17-24)28(33)30-15-4-5-16-31-25(18-30)27(26(31)19-32)22-13-11-21(12-14-22)20-7-2-1-3-8-20/h1-3,6-14,17,25-27,32H,4-5,15-16,18-19H2/t25-,26-,27-/m1/s1. The van der Waals surface area contributed by atoms with E-state index in [1.54, 1.807) is 12.1 Å². The normalized spacial score (nSPS) is 23.2. The minimum absolute atomic E-state index is 0.0572. The molecule has 1 N–H and O–H groups in total. The molecule has 1 amide bonds. The van der Waals surface area contributed by atoms with Crippen molar-refractivity contribution in [2.24, 2.45) is 0 Å². The first-order valence-corrected chi connectivity index (χ1v) is 11.7. The molecule has 0 aromatic heterocycles. The maximum absolute atomic E-state index is 13.7. The van der Waals surface area contributed by atoms with Crippen molar-refractivity contribution < 1.29 is 14.3 Å². The molecule has 5 heteroatoms. The maximum Gasteiger partial charge on any atom is 0.254 e. The summed E-state index contributed by atoms with van der Waals surface area (Å²) >= 11 is 0. The molecule has 2 heterocycles. The second kappa shape index (κ2) is 9.46. The first-order valence-electron chi connectivity index (χ1n) is 11.7. The van der Waals surface area contributed by atoms with Crippen molar-refractivity contribution in [2.45, 2.75) is 30.8 Å². The Kier molecular flexibility index (Phi) is 6.25. The van der Waals surface area contributed by atoms with Crippen LogP contribution in [0, 0.1) is 5.82 Å². The van der Waals surface area contributed by atoms with Gasteiger partial charge in [-0.2, -0.15) is 0 Å². The molecule has 2 aliphatic heterocycles. The van der Waals surface area contributed by atoms with Crippen LogP contribution in [0.5, 0.6) is 0 Å². The van der Waals surface area contributed by atoms with Crippen molar-refractivity contribution in [3.8, 4) is 11.1 Å². The molecule has 0 unspecified atom stereocenters. The molecule has 3 atom stereocenters. The van der Waals surface area contributed by atoms with E-state index in [-0.39, 0.29) is 30.5 Å². The zero-order valence-electron chi connectivity index (χ0n) is 18.6. The quantitative estimate of drug-likeness (QED) is 0.642. The van der Waals surface area contributed by atoms with E-state index in [4.69, 9.17) is 0 Å². The van der Waals surface area contributed by atoms with Gasteiger partial charge in [-0.25, -0.2) is 4.39 Å². The van der Waals surface area contributed by atoms with Crippen LogP contribution in [0.1, 0.15) is 34.7 Å². The molecule has 33 heavy (non-hydrogen) atoms. The molecule has 0 saturated carbocycles. The van der Waals surface area contributed by atoms with Crippen molar-refractivity contribution in [1.29, 1.82) is 0 Å². The number of rotatable bonds is 4.